The zero-order valence-electron chi connectivity index (χ0n) is 12.1. The molecule has 21 heavy (non-hydrogen) atoms. The molecule has 0 spiro atoms. The third-order valence-electron chi connectivity index (χ3n) is 3.38. The number of ether oxygens (including phenoxy) is 1. The molecule has 3 rings (SSSR count). The maximum atomic E-state index is 5.08. The minimum Gasteiger partial charge on any atom is -0.481 e. The summed E-state index contributed by atoms with van der Waals surface area (Å²) in [6, 6.07) is 3.96. The van der Waals surface area contributed by atoms with E-state index in [0.29, 0.717) is 5.88 Å². The Balaban J connectivity index is 1.88. The van der Waals surface area contributed by atoms with Gasteiger partial charge in [0.2, 0.25) is 5.88 Å². The molecule has 108 valence electrons. The molecule has 0 amide bonds. The lowest BCUT2D eigenvalue weighted by atomic mass is 10.1. The summed E-state index contributed by atoms with van der Waals surface area (Å²) >= 11 is 1.64. The first-order valence-corrected chi connectivity index (χ1v) is 7.52. The van der Waals surface area contributed by atoms with Crippen molar-refractivity contribution >= 4 is 27.4 Å². The quantitative estimate of drug-likeness (QED) is 0.798. The van der Waals surface area contributed by atoms with Crippen molar-refractivity contribution in [2.75, 3.05) is 12.4 Å². The number of rotatable bonds is 4. The maximum absolute atomic E-state index is 5.08. The van der Waals surface area contributed by atoms with Crippen molar-refractivity contribution in [3.63, 3.8) is 0 Å². The molecule has 0 saturated carbocycles. The molecular formula is C15H16N4OS. The molecular weight excluding hydrogens is 284 g/mol. The number of nitrogens with zero attached hydrogens (tertiary/aromatic N) is 3. The number of methoxy groups -OCH3 is 1. The summed E-state index contributed by atoms with van der Waals surface area (Å²) in [7, 11) is 1.61. The number of nitrogens with one attached hydrogen (secondary N) is 1. The number of hydrogen-bond donors (Lipinski definition) is 1. The van der Waals surface area contributed by atoms with Gasteiger partial charge in [0.1, 0.15) is 17.0 Å². The molecule has 0 aliphatic rings. The van der Waals surface area contributed by atoms with E-state index in [1.165, 1.54) is 5.56 Å². The average Bonchev–Trinajstić information content (AvgIpc) is 2.90. The lowest BCUT2D eigenvalue weighted by Crippen LogP contribution is -2.09. The zero-order chi connectivity index (χ0) is 14.8. The summed E-state index contributed by atoms with van der Waals surface area (Å²) in [5, 5.41) is 6.63. The summed E-state index contributed by atoms with van der Waals surface area (Å²) in [4.78, 5) is 13.9. The molecule has 3 aromatic rings. The number of aromatic nitrogens is 3. The highest BCUT2D eigenvalue weighted by atomic mass is 32.1. The van der Waals surface area contributed by atoms with Crippen LogP contribution < -0.4 is 10.1 Å². The summed E-state index contributed by atoms with van der Waals surface area (Å²) in [6.45, 7) is 4.16. The second-order valence-corrected chi connectivity index (χ2v) is 5.68. The van der Waals surface area contributed by atoms with Crippen LogP contribution in [0.15, 0.2) is 30.0 Å². The van der Waals surface area contributed by atoms with Crippen molar-refractivity contribution in [1.29, 1.82) is 0 Å². The zero-order valence-corrected chi connectivity index (χ0v) is 12.9. The van der Waals surface area contributed by atoms with Crippen molar-refractivity contribution in [3.8, 4) is 5.88 Å². The third-order valence-corrected chi connectivity index (χ3v) is 4.38. The number of fused-ring (bicyclic) bond motifs is 1. The number of hydrogen-bond acceptors (Lipinski definition) is 6. The molecule has 3 aromatic heterocycles. The Morgan fingerprint density at radius 3 is 2.81 bits per heavy atom. The third kappa shape index (κ3) is 2.67. The van der Waals surface area contributed by atoms with Crippen LogP contribution in [0.25, 0.3) is 10.2 Å². The van der Waals surface area contributed by atoms with E-state index in [0.717, 1.165) is 21.6 Å². The van der Waals surface area contributed by atoms with Gasteiger partial charge in [-0.1, -0.05) is 6.07 Å². The predicted molar refractivity (Wildman–Crippen MR) is 85.0 cm³/mol. The second-order valence-electron chi connectivity index (χ2n) is 4.82. The fourth-order valence-corrected chi connectivity index (χ4v) is 3.07. The molecule has 0 aliphatic carbocycles. The van der Waals surface area contributed by atoms with Crippen LogP contribution in [0.4, 0.5) is 5.82 Å². The van der Waals surface area contributed by atoms with Crippen molar-refractivity contribution in [2.45, 2.75) is 19.9 Å². The first kappa shape index (κ1) is 13.8. The van der Waals surface area contributed by atoms with E-state index in [2.05, 4.69) is 39.5 Å². The number of anilines is 1. The van der Waals surface area contributed by atoms with Gasteiger partial charge in [-0.3, -0.25) is 0 Å². The minimum atomic E-state index is 0.0980. The number of aryl methyl sites for hydroxylation is 1. The molecule has 0 radical (unpaired) electrons. The molecule has 0 aromatic carbocycles. The highest BCUT2D eigenvalue weighted by molar-refractivity contribution is 7.17. The van der Waals surface area contributed by atoms with Gasteiger partial charge < -0.3 is 10.1 Å². The first-order chi connectivity index (χ1) is 10.2. The molecule has 1 unspecified atom stereocenters. The van der Waals surface area contributed by atoms with E-state index < -0.39 is 0 Å². The molecule has 1 N–H and O–H groups in total. The van der Waals surface area contributed by atoms with Gasteiger partial charge in [0.25, 0.3) is 0 Å². The summed E-state index contributed by atoms with van der Waals surface area (Å²) in [5.74, 6) is 1.48. The second kappa shape index (κ2) is 5.65. The topological polar surface area (TPSA) is 59.9 Å². The average molecular weight is 300 g/mol. The largest absolute Gasteiger partial charge is 0.481 e. The van der Waals surface area contributed by atoms with Crippen LogP contribution in [0.5, 0.6) is 5.88 Å². The Kier molecular flexibility index (Phi) is 3.70. The monoisotopic (exact) mass is 300 g/mol. The molecule has 0 aliphatic heterocycles. The van der Waals surface area contributed by atoms with Crippen LogP contribution in [0.1, 0.15) is 24.1 Å². The van der Waals surface area contributed by atoms with Gasteiger partial charge in [-0.15, -0.1) is 11.3 Å². The standard InChI is InChI=1S/C15H16N4OS/c1-9-7-21-15-13(9)14(17-8-18-15)19-10(2)11-4-5-12(20-3)16-6-11/h4-8,10H,1-3H3,(H,17,18,19). The molecule has 6 heteroatoms. The van der Waals surface area contributed by atoms with Crippen molar-refractivity contribution in [3.05, 3.63) is 41.2 Å². The van der Waals surface area contributed by atoms with Crippen LogP contribution >= 0.6 is 11.3 Å². The first-order valence-electron chi connectivity index (χ1n) is 6.64. The number of pyridine rings is 1. The van der Waals surface area contributed by atoms with Gasteiger partial charge in [-0.25, -0.2) is 15.0 Å². The van der Waals surface area contributed by atoms with E-state index in [4.69, 9.17) is 4.74 Å². The summed E-state index contributed by atoms with van der Waals surface area (Å²) < 4.78 is 5.08. The maximum Gasteiger partial charge on any atom is 0.212 e. The Bertz CT molecular complexity index is 754. The smallest absolute Gasteiger partial charge is 0.212 e. The molecule has 0 fully saturated rings. The molecule has 0 bridgehead atoms. The van der Waals surface area contributed by atoms with Crippen LogP contribution in [0.3, 0.4) is 0 Å². The van der Waals surface area contributed by atoms with Crippen LogP contribution in [-0.2, 0) is 0 Å². The lowest BCUT2D eigenvalue weighted by molar-refractivity contribution is 0.397. The van der Waals surface area contributed by atoms with E-state index >= 15 is 0 Å². The van der Waals surface area contributed by atoms with E-state index in [-0.39, 0.29) is 6.04 Å². The molecule has 0 saturated heterocycles. The molecule has 1 atom stereocenters. The fraction of sp³-hybridized carbons (Fsp3) is 0.267. The Hall–Kier alpha value is -2.21. The summed E-state index contributed by atoms with van der Waals surface area (Å²) in [6.07, 6.45) is 3.41. The number of thiophene rings is 1. The highest BCUT2D eigenvalue weighted by Gasteiger charge is 2.12. The van der Waals surface area contributed by atoms with Crippen molar-refractivity contribution in [2.24, 2.45) is 0 Å². The predicted octanol–water partition coefficient (Wildman–Crippen LogP) is 3.58. The fourth-order valence-electron chi connectivity index (χ4n) is 2.18. The van der Waals surface area contributed by atoms with E-state index in [9.17, 15) is 0 Å². The van der Waals surface area contributed by atoms with Gasteiger partial charge >= 0.3 is 0 Å². The molecule has 5 nitrogen and oxygen atoms in total. The van der Waals surface area contributed by atoms with Crippen molar-refractivity contribution < 1.29 is 4.74 Å². The van der Waals surface area contributed by atoms with E-state index in [1.807, 2.05) is 18.3 Å². The lowest BCUT2D eigenvalue weighted by Gasteiger charge is -2.15. The Morgan fingerprint density at radius 2 is 2.10 bits per heavy atom. The normalized spacial score (nSPS) is 12.3. The Morgan fingerprint density at radius 1 is 1.24 bits per heavy atom. The highest BCUT2D eigenvalue weighted by Crippen LogP contribution is 2.30. The summed E-state index contributed by atoms with van der Waals surface area (Å²) in [5.41, 5.74) is 2.27. The van der Waals surface area contributed by atoms with Crippen LogP contribution in [-0.4, -0.2) is 22.1 Å². The van der Waals surface area contributed by atoms with Crippen LogP contribution in [0, 0.1) is 6.92 Å². The minimum absolute atomic E-state index is 0.0980. The molecule has 3 heterocycles. The van der Waals surface area contributed by atoms with E-state index in [1.54, 1.807) is 24.8 Å². The van der Waals surface area contributed by atoms with Gasteiger partial charge in [-0.05, 0) is 30.4 Å². The van der Waals surface area contributed by atoms with Gasteiger partial charge in [-0.2, -0.15) is 0 Å². The SMILES string of the molecule is COc1ccc(C(C)Nc2ncnc3scc(C)c23)cn1. The Labute approximate surface area is 127 Å². The van der Waals surface area contributed by atoms with Gasteiger partial charge in [0.15, 0.2) is 0 Å². The van der Waals surface area contributed by atoms with Gasteiger partial charge in [0, 0.05) is 12.3 Å². The van der Waals surface area contributed by atoms with Crippen molar-refractivity contribution in [1.82, 2.24) is 15.0 Å². The van der Waals surface area contributed by atoms with Crippen LogP contribution in [0.2, 0.25) is 0 Å². The van der Waals surface area contributed by atoms with Gasteiger partial charge in [0.05, 0.1) is 18.5 Å².